The van der Waals surface area contributed by atoms with Crippen LogP contribution in [-0.2, 0) is 6.54 Å². The molecule has 8 nitrogen and oxygen atoms in total. The number of fused-ring (bicyclic) bond motifs is 2. The SMILES string of the molecule is CC(C)=C/C(=C\C(=C/N)c1ccc2[nH]nc(-c3cc4c(-c5ccoc5)cncc4[nH]3)c2n1)CNCc1ccccc1. The molecule has 6 rings (SSSR count). The Labute approximate surface area is 237 Å². The summed E-state index contributed by atoms with van der Waals surface area (Å²) in [6.07, 6.45) is 12.9. The molecule has 8 heteroatoms. The highest BCUT2D eigenvalue weighted by Crippen LogP contribution is 2.33. The number of rotatable bonds is 9. The molecular formula is C33H31N7O. The highest BCUT2D eigenvalue weighted by atomic mass is 16.3. The fourth-order valence-corrected chi connectivity index (χ4v) is 4.94. The maximum Gasteiger partial charge on any atom is 0.135 e. The first kappa shape index (κ1) is 26.0. The van der Waals surface area contributed by atoms with Gasteiger partial charge in [-0.15, -0.1) is 0 Å². The molecule has 5 aromatic heterocycles. The Kier molecular flexibility index (Phi) is 7.30. The van der Waals surface area contributed by atoms with Gasteiger partial charge in [0.05, 0.1) is 41.1 Å². The van der Waals surface area contributed by atoms with Gasteiger partial charge in [0.25, 0.3) is 0 Å². The van der Waals surface area contributed by atoms with E-state index in [1.807, 2.05) is 36.7 Å². The van der Waals surface area contributed by atoms with Crippen LogP contribution in [0, 0.1) is 0 Å². The molecule has 6 aromatic rings. The van der Waals surface area contributed by atoms with Crippen LogP contribution in [-0.4, -0.2) is 31.7 Å². The van der Waals surface area contributed by atoms with Gasteiger partial charge in [-0.2, -0.15) is 5.10 Å². The number of hydrogen-bond donors (Lipinski definition) is 4. The summed E-state index contributed by atoms with van der Waals surface area (Å²) >= 11 is 0. The molecule has 0 atom stereocenters. The molecule has 41 heavy (non-hydrogen) atoms. The lowest BCUT2D eigenvalue weighted by molar-refractivity contribution is 0.568. The van der Waals surface area contributed by atoms with E-state index in [0.29, 0.717) is 6.54 Å². The zero-order valence-electron chi connectivity index (χ0n) is 23.0. The quantitative estimate of drug-likeness (QED) is 0.150. The number of pyridine rings is 2. The van der Waals surface area contributed by atoms with Crippen LogP contribution in [0.5, 0.6) is 0 Å². The number of aromatic amines is 2. The van der Waals surface area contributed by atoms with Crippen molar-refractivity contribution in [2.75, 3.05) is 6.54 Å². The number of nitrogens with two attached hydrogens (primary N) is 1. The summed E-state index contributed by atoms with van der Waals surface area (Å²) in [6, 6.07) is 18.3. The maximum atomic E-state index is 6.15. The molecule has 5 heterocycles. The monoisotopic (exact) mass is 541 g/mol. The summed E-state index contributed by atoms with van der Waals surface area (Å²) < 4.78 is 5.30. The Morgan fingerprint density at radius 2 is 1.90 bits per heavy atom. The van der Waals surface area contributed by atoms with Gasteiger partial charge >= 0.3 is 0 Å². The number of furan rings is 1. The van der Waals surface area contributed by atoms with Crippen LogP contribution in [0.1, 0.15) is 25.1 Å². The first-order valence-electron chi connectivity index (χ1n) is 13.5. The van der Waals surface area contributed by atoms with E-state index in [9.17, 15) is 0 Å². The van der Waals surface area contributed by atoms with E-state index in [0.717, 1.165) is 67.8 Å². The largest absolute Gasteiger partial charge is 0.472 e. The Balaban J connectivity index is 1.32. The lowest BCUT2D eigenvalue weighted by Gasteiger charge is -2.09. The van der Waals surface area contributed by atoms with Gasteiger partial charge < -0.3 is 20.5 Å². The molecular weight excluding hydrogens is 510 g/mol. The third-order valence-corrected chi connectivity index (χ3v) is 6.83. The number of H-pyrrole nitrogens is 2. The fraction of sp³-hybridized carbons (Fsp3) is 0.121. The maximum absolute atomic E-state index is 6.15. The number of nitrogens with zero attached hydrogens (tertiary/aromatic N) is 3. The van der Waals surface area contributed by atoms with Gasteiger partial charge in [0, 0.05) is 47.6 Å². The van der Waals surface area contributed by atoms with Crippen LogP contribution in [0.2, 0.25) is 0 Å². The minimum Gasteiger partial charge on any atom is -0.472 e. The molecule has 1 aromatic carbocycles. The summed E-state index contributed by atoms with van der Waals surface area (Å²) in [5.41, 5.74) is 17.3. The van der Waals surface area contributed by atoms with E-state index < -0.39 is 0 Å². The van der Waals surface area contributed by atoms with Crippen molar-refractivity contribution >= 4 is 27.5 Å². The zero-order chi connectivity index (χ0) is 28.2. The molecule has 5 N–H and O–H groups in total. The van der Waals surface area contributed by atoms with Crippen LogP contribution < -0.4 is 11.1 Å². The highest BCUT2D eigenvalue weighted by Gasteiger charge is 2.16. The van der Waals surface area contributed by atoms with Crippen molar-refractivity contribution in [1.82, 2.24) is 30.5 Å². The second-order valence-corrected chi connectivity index (χ2v) is 10.2. The molecule has 0 unspecified atom stereocenters. The topological polar surface area (TPSA) is 121 Å². The normalized spacial score (nSPS) is 12.3. The minimum atomic E-state index is 0.693. The fourth-order valence-electron chi connectivity index (χ4n) is 4.94. The van der Waals surface area contributed by atoms with Crippen LogP contribution in [0.15, 0.2) is 113 Å². The summed E-state index contributed by atoms with van der Waals surface area (Å²) in [5.74, 6) is 0. The van der Waals surface area contributed by atoms with E-state index in [1.165, 1.54) is 11.1 Å². The third-order valence-electron chi connectivity index (χ3n) is 6.83. The van der Waals surface area contributed by atoms with Gasteiger partial charge in [0.1, 0.15) is 11.2 Å². The predicted molar refractivity (Wildman–Crippen MR) is 165 cm³/mol. The van der Waals surface area contributed by atoms with Gasteiger partial charge in [-0.05, 0) is 55.3 Å². The van der Waals surface area contributed by atoms with Crippen molar-refractivity contribution in [1.29, 1.82) is 0 Å². The molecule has 0 bridgehead atoms. The highest BCUT2D eigenvalue weighted by molar-refractivity contribution is 5.99. The third kappa shape index (κ3) is 5.59. The minimum absolute atomic E-state index is 0.693. The molecule has 0 fully saturated rings. The van der Waals surface area contributed by atoms with E-state index in [1.54, 1.807) is 18.7 Å². The zero-order valence-corrected chi connectivity index (χ0v) is 23.0. The van der Waals surface area contributed by atoms with Crippen LogP contribution >= 0.6 is 0 Å². The predicted octanol–water partition coefficient (Wildman–Crippen LogP) is 6.74. The first-order valence-corrected chi connectivity index (χ1v) is 13.5. The Hall–Kier alpha value is -5.21. The summed E-state index contributed by atoms with van der Waals surface area (Å²) in [5, 5.41) is 12.3. The Morgan fingerprint density at radius 3 is 2.68 bits per heavy atom. The van der Waals surface area contributed by atoms with Crippen LogP contribution in [0.3, 0.4) is 0 Å². The van der Waals surface area contributed by atoms with Gasteiger partial charge in [0.15, 0.2) is 0 Å². The molecule has 204 valence electrons. The Morgan fingerprint density at radius 1 is 1.02 bits per heavy atom. The van der Waals surface area contributed by atoms with E-state index in [2.05, 4.69) is 81.8 Å². The molecule has 0 radical (unpaired) electrons. The van der Waals surface area contributed by atoms with Crippen molar-refractivity contribution in [3.05, 3.63) is 120 Å². The van der Waals surface area contributed by atoms with Crippen molar-refractivity contribution in [3.63, 3.8) is 0 Å². The van der Waals surface area contributed by atoms with Crippen LogP contribution in [0.4, 0.5) is 0 Å². The Bertz CT molecular complexity index is 1890. The van der Waals surface area contributed by atoms with Crippen molar-refractivity contribution in [3.8, 4) is 22.5 Å². The molecule has 0 spiro atoms. The van der Waals surface area contributed by atoms with Gasteiger partial charge in [-0.3, -0.25) is 10.1 Å². The molecule has 0 aliphatic rings. The van der Waals surface area contributed by atoms with Crippen LogP contribution in [0.25, 0.3) is 50.0 Å². The molecule has 0 aliphatic heterocycles. The average molecular weight is 542 g/mol. The number of aromatic nitrogens is 5. The molecule has 0 amide bonds. The molecule has 0 saturated heterocycles. The average Bonchev–Trinajstić information content (AvgIpc) is 3.75. The number of allylic oxidation sites excluding steroid dienone is 3. The number of hydrogen-bond acceptors (Lipinski definition) is 6. The number of nitrogens with one attached hydrogen (secondary N) is 3. The first-order chi connectivity index (χ1) is 20.1. The lowest BCUT2D eigenvalue weighted by Crippen LogP contribution is -2.16. The standard InChI is InChI=1S/C33H31N7O/c1-21(2)12-23(17-35-16-22-6-4-3-5-7-22)13-25(15-34)28-8-9-29-32(38-28)33(40-39-29)30-14-26-27(24-10-11-41-20-24)18-36-19-31(26)37-30/h3-15,18-20,35,37H,16-17,34H2,1-2H3,(H,39,40)/b23-13+,25-15+. The second-order valence-electron chi connectivity index (χ2n) is 10.2. The summed E-state index contributed by atoms with van der Waals surface area (Å²) in [6.45, 7) is 5.65. The summed E-state index contributed by atoms with van der Waals surface area (Å²) in [4.78, 5) is 12.9. The lowest BCUT2D eigenvalue weighted by atomic mass is 10.1. The smallest absolute Gasteiger partial charge is 0.135 e. The van der Waals surface area contributed by atoms with Crippen molar-refractivity contribution in [2.45, 2.75) is 20.4 Å². The van der Waals surface area contributed by atoms with E-state index in [4.69, 9.17) is 15.1 Å². The van der Waals surface area contributed by atoms with Gasteiger partial charge in [-0.1, -0.05) is 42.0 Å². The molecule has 0 saturated carbocycles. The number of benzene rings is 1. The molecule has 0 aliphatic carbocycles. The van der Waals surface area contributed by atoms with Gasteiger partial charge in [0.2, 0.25) is 0 Å². The van der Waals surface area contributed by atoms with E-state index >= 15 is 0 Å². The van der Waals surface area contributed by atoms with Gasteiger partial charge in [-0.25, -0.2) is 4.98 Å². The second kappa shape index (κ2) is 11.5. The van der Waals surface area contributed by atoms with E-state index in [-0.39, 0.29) is 0 Å². The van der Waals surface area contributed by atoms with Crippen molar-refractivity contribution in [2.24, 2.45) is 5.73 Å². The van der Waals surface area contributed by atoms with Crippen molar-refractivity contribution < 1.29 is 4.42 Å². The summed E-state index contributed by atoms with van der Waals surface area (Å²) in [7, 11) is 0.